The highest BCUT2D eigenvalue weighted by Gasteiger charge is 2.20. The molecule has 1 aliphatic heterocycles. The molecule has 0 amide bonds. The van der Waals surface area contributed by atoms with Crippen LogP contribution in [-0.2, 0) is 4.74 Å². The zero-order chi connectivity index (χ0) is 12.0. The quantitative estimate of drug-likeness (QED) is 0.796. The van der Waals surface area contributed by atoms with E-state index >= 15 is 0 Å². The molecule has 2 atom stereocenters. The van der Waals surface area contributed by atoms with Crippen molar-refractivity contribution in [2.75, 3.05) is 33.3 Å². The van der Waals surface area contributed by atoms with Gasteiger partial charge >= 0.3 is 0 Å². The van der Waals surface area contributed by atoms with Crippen LogP contribution in [0.3, 0.4) is 0 Å². The number of ether oxygens (including phenoxy) is 1. The number of piperidine rings is 1. The predicted molar refractivity (Wildman–Crippen MR) is 76.0 cm³/mol. The largest absolute Gasteiger partial charge is 0.380 e. The molecule has 0 aromatic carbocycles. The molecule has 0 radical (unpaired) electrons. The van der Waals surface area contributed by atoms with Crippen LogP contribution in [0.1, 0.15) is 33.6 Å². The van der Waals surface area contributed by atoms with Crippen molar-refractivity contribution < 1.29 is 4.74 Å². The summed E-state index contributed by atoms with van der Waals surface area (Å²) in [7, 11) is 1.80. The van der Waals surface area contributed by atoms with Crippen molar-refractivity contribution in [1.82, 2.24) is 10.2 Å². The lowest BCUT2D eigenvalue weighted by molar-refractivity contribution is 0.0561. The molecule has 0 spiro atoms. The van der Waals surface area contributed by atoms with E-state index < -0.39 is 0 Å². The maximum atomic E-state index is 5.36. The first-order valence-electron chi connectivity index (χ1n) is 6.61. The maximum absolute atomic E-state index is 5.36. The third-order valence-electron chi connectivity index (χ3n) is 3.52. The molecule has 0 saturated carbocycles. The fourth-order valence-electron chi connectivity index (χ4n) is 2.31. The molecule has 1 N–H and O–H groups in total. The van der Waals surface area contributed by atoms with Gasteiger partial charge in [0.25, 0.3) is 0 Å². The number of nitrogens with one attached hydrogen (secondary N) is 1. The summed E-state index contributed by atoms with van der Waals surface area (Å²) in [5.74, 6) is 0.820. The van der Waals surface area contributed by atoms with E-state index in [1.54, 1.807) is 7.11 Å². The molecule has 0 bridgehead atoms. The van der Waals surface area contributed by atoms with Crippen molar-refractivity contribution in [2.24, 2.45) is 5.92 Å². The topological polar surface area (TPSA) is 24.5 Å². The molecule has 0 aliphatic carbocycles. The second kappa shape index (κ2) is 9.15. The standard InChI is InChI=1S/C13H28N2O.ClH/c1-11(2)15(9-12(3)16-4)10-13-6-5-7-14-8-13;/h11-14H,5-10H2,1-4H3;1H. The van der Waals surface area contributed by atoms with Crippen LogP contribution in [-0.4, -0.2) is 50.3 Å². The SMILES string of the molecule is COC(C)CN(CC1CCCNC1)C(C)C.Cl. The summed E-state index contributed by atoms with van der Waals surface area (Å²) in [6.45, 7) is 11.3. The van der Waals surface area contributed by atoms with Crippen LogP contribution >= 0.6 is 12.4 Å². The van der Waals surface area contributed by atoms with Gasteiger partial charge in [0, 0.05) is 26.2 Å². The van der Waals surface area contributed by atoms with Crippen molar-refractivity contribution in [2.45, 2.75) is 45.8 Å². The van der Waals surface area contributed by atoms with Gasteiger partial charge in [0.15, 0.2) is 0 Å². The third kappa shape index (κ3) is 6.61. The van der Waals surface area contributed by atoms with E-state index in [0.29, 0.717) is 12.1 Å². The Morgan fingerprint density at radius 1 is 1.35 bits per heavy atom. The molecular weight excluding hydrogens is 236 g/mol. The Kier molecular flexibility index (Phi) is 9.24. The lowest BCUT2D eigenvalue weighted by Gasteiger charge is -2.34. The monoisotopic (exact) mass is 264 g/mol. The minimum absolute atomic E-state index is 0. The summed E-state index contributed by atoms with van der Waals surface area (Å²) in [6, 6.07) is 0.611. The Morgan fingerprint density at radius 3 is 2.53 bits per heavy atom. The highest BCUT2D eigenvalue weighted by Crippen LogP contribution is 2.14. The zero-order valence-electron chi connectivity index (χ0n) is 11.7. The van der Waals surface area contributed by atoms with Crippen LogP contribution in [0.5, 0.6) is 0 Å². The average molecular weight is 265 g/mol. The zero-order valence-corrected chi connectivity index (χ0v) is 12.6. The Bertz CT molecular complexity index is 184. The molecule has 1 saturated heterocycles. The lowest BCUT2D eigenvalue weighted by atomic mass is 9.98. The molecule has 0 aromatic heterocycles. The van der Waals surface area contributed by atoms with E-state index in [4.69, 9.17) is 4.74 Å². The molecular formula is C13H29ClN2O. The summed E-state index contributed by atoms with van der Waals surface area (Å²) in [6.07, 6.45) is 3.03. The van der Waals surface area contributed by atoms with E-state index in [2.05, 4.69) is 31.0 Å². The maximum Gasteiger partial charge on any atom is 0.0670 e. The lowest BCUT2D eigenvalue weighted by Crippen LogP contribution is -2.44. The molecule has 1 heterocycles. The van der Waals surface area contributed by atoms with E-state index in [1.165, 1.54) is 32.5 Å². The smallest absolute Gasteiger partial charge is 0.0670 e. The van der Waals surface area contributed by atoms with Crippen LogP contribution in [0, 0.1) is 5.92 Å². The molecule has 3 nitrogen and oxygen atoms in total. The van der Waals surface area contributed by atoms with Crippen molar-refractivity contribution in [3.05, 3.63) is 0 Å². The number of hydrogen-bond donors (Lipinski definition) is 1. The highest BCUT2D eigenvalue weighted by atomic mass is 35.5. The molecule has 2 unspecified atom stereocenters. The number of hydrogen-bond acceptors (Lipinski definition) is 3. The molecule has 104 valence electrons. The van der Waals surface area contributed by atoms with E-state index in [-0.39, 0.29) is 12.4 Å². The number of rotatable bonds is 6. The molecule has 4 heteroatoms. The molecule has 1 fully saturated rings. The van der Waals surface area contributed by atoms with Gasteiger partial charge < -0.3 is 10.1 Å². The highest BCUT2D eigenvalue weighted by molar-refractivity contribution is 5.85. The minimum Gasteiger partial charge on any atom is -0.380 e. The summed E-state index contributed by atoms with van der Waals surface area (Å²) in [4.78, 5) is 2.55. The van der Waals surface area contributed by atoms with Gasteiger partial charge in [-0.05, 0) is 52.6 Å². The van der Waals surface area contributed by atoms with Gasteiger partial charge in [-0.2, -0.15) is 0 Å². The van der Waals surface area contributed by atoms with Crippen molar-refractivity contribution in [1.29, 1.82) is 0 Å². The molecule has 1 rings (SSSR count). The predicted octanol–water partition coefficient (Wildman–Crippen LogP) is 2.15. The Labute approximate surface area is 113 Å². The third-order valence-corrected chi connectivity index (χ3v) is 3.52. The number of methoxy groups -OCH3 is 1. The van der Waals surface area contributed by atoms with Gasteiger partial charge in [-0.15, -0.1) is 12.4 Å². The molecule has 0 aromatic rings. The van der Waals surface area contributed by atoms with Gasteiger partial charge in [-0.3, -0.25) is 4.90 Å². The first-order chi connectivity index (χ1) is 7.63. The Balaban J connectivity index is 0.00000256. The second-order valence-electron chi connectivity index (χ2n) is 5.31. The van der Waals surface area contributed by atoms with Gasteiger partial charge in [0.1, 0.15) is 0 Å². The second-order valence-corrected chi connectivity index (χ2v) is 5.31. The summed E-state index contributed by atoms with van der Waals surface area (Å²) >= 11 is 0. The van der Waals surface area contributed by atoms with Crippen LogP contribution in [0.2, 0.25) is 0 Å². The normalized spacial score (nSPS) is 22.6. The van der Waals surface area contributed by atoms with Gasteiger partial charge in [0.2, 0.25) is 0 Å². The Hall–Kier alpha value is 0.170. The summed E-state index contributed by atoms with van der Waals surface area (Å²) < 4.78 is 5.36. The molecule has 1 aliphatic rings. The van der Waals surface area contributed by atoms with Gasteiger partial charge in [-0.25, -0.2) is 0 Å². The Morgan fingerprint density at radius 2 is 2.06 bits per heavy atom. The fraction of sp³-hybridized carbons (Fsp3) is 1.00. The van der Waals surface area contributed by atoms with E-state index in [0.717, 1.165) is 12.5 Å². The van der Waals surface area contributed by atoms with Crippen LogP contribution in [0.15, 0.2) is 0 Å². The first kappa shape index (κ1) is 17.2. The van der Waals surface area contributed by atoms with Crippen LogP contribution in [0.25, 0.3) is 0 Å². The van der Waals surface area contributed by atoms with Gasteiger partial charge in [-0.1, -0.05) is 0 Å². The van der Waals surface area contributed by atoms with Crippen molar-refractivity contribution >= 4 is 12.4 Å². The van der Waals surface area contributed by atoms with E-state index in [1.807, 2.05) is 0 Å². The van der Waals surface area contributed by atoms with Gasteiger partial charge in [0.05, 0.1) is 6.10 Å². The van der Waals surface area contributed by atoms with Crippen molar-refractivity contribution in [3.8, 4) is 0 Å². The first-order valence-corrected chi connectivity index (χ1v) is 6.61. The molecule has 17 heavy (non-hydrogen) atoms. The number of nitrogens with zero attached hydrogens (tertiary/aromatic N) is 1. The minimum atomic E-state index is 0. The average Bonchev–Trinajstić information content (AvgIpc) is 2.29. The van der Waals surface area contributed by atoms with Crippen molar-refractivity contribution in [3.63, 3.8) is 0 Å². The summed E-state index contributed by atoms with van der Waals surface area (Å²) in [5.41, 5.74) is 0. The van der Waals surface area contributed by atoms with Crippen LogP contribution < -0.4 is 5.32 Å². The van der Waals surface area contributed by atoms with E-state index in [9.17, 15) is 0 Å². The fourth-order valence-corrected chi connectivity index (χ4v) is 2.31. The summed E-state index contributed by atoms with van der Waals surface area (Å²) in [5, 5.41) is 3.49. The number of halogens is 1. The van der Waals surface area contributed by atoms with Crippen LogP contribution in [0.4, 0.5) is 0 Å².